The summed E-state index contributed by atoms with van der Waals surface area (Å²) in [5, 5.41) is 10.1. The fourth-order valence-electron chi connectivity index (χ4n) is 6.82. The van der Waals surface area contributed by atoms with Crippen molar-refractivity contribution in [3.8, 4) is 0 Å². The number of anilines is 1. The zero-order valence-electron chi connectivity index (χ0n) is 22.9. The van der Waals surface area contributed by atoms with Crippen molar-refractivity contribution in [3.63, 3.8) is 0 Å². The third-order valence-corrected chi connectivity index (χ3v) is 10.5. The molecule has 3 aliphatic heterocycles. The number of hydrogen-bond acceptors (Lipinski definition) is 5. The van der Waals surface area contributed by atoms with Gasteiger partial charge in [0.1, 0.15) is 6.04 Å². The summed E-state index contributed by atoms with van der Waals surface area (Å²) in [7, 11) is 0. The minimum atomic E-state index is -0.770. The van der Waals surface area contributed by atoms with E-state index >= 15 is 0 Å². The van der Waals surface area contributed by atoms with Crippen LogP contribution in [0.2, 0.25) is 0 Å². The molecule has 2 unspecified atom stereocenters. The Kier molecular flexibility index (Phi) is 8.19. The molecule has 7 nitrogen and oxygen atoms in total. The van der Waals surface area contributed by atoms with Gasteiger partial charge in [-0.15, -0.1) is 24.9 Å². The highest BCUT2D eigenvalue weighted by Crippen LogP contribution is 2.67. The molecule has 3 fully saturated rings. The van der Waals surface area contributed by atoms with Crippen LogP contribution >= 0.6 is 11.8 Å². The van der Waals surface area contributed by atoms with E-state index in [1.54, 1.807) is 45.5 Å². The number of likely N-dealkylation sites (tertiary alicyclic amines) is 1. The van der Waals surface area contributed by atoms with Crippen molar-refractivity contribution in [2.45, 2.75) is 48.4 Å². The maximum absolute atomic E-state index is 14.5. The number of carbonyl (C=O) groups excluding carboxylic acids is 3. The maximum Gasteiger partial charge on any atom is 0.247 e. The van der Waals surface area contributed by atoms with E-state index < -0.39 is 28.7 Å². The van der Waals surface area contributed by atoms with Gasteiger partial charge in [-0.3, -0.25) is 14.4 Å². The van der Waals surface area contributed by atoms with Crippen LogP contribution in [0.4, 0.5) is 5.69 Å². The lowest BCUT2D eigenvalue weighted by Crippen LogP contribution is -2.56. The number of benzene rings is 2. The summed E-state index contributed by atoms with van der Waals surface area (Å²) in [5.41, 5.74) is 1.74. The third-order valence-electron chi connectivity index (χ3n) is 8.52. The van der Waals surface area contributed by atoms with Gasteiger partial charge in [-0.25, -0.2) is 0 Å². The van der Waals surface area contributed by atoms with E-state index in [1.807, 2.05) is 60.7 Å². The van der Waals surface area contributed by atoms with Crippen molar-refractivity contribution in [2.75, 3.05) is 24.6 Å². The van der Waals surface area contributed by atoms with E-state index in [9.17, 15) is 19.5 Å². The largest absolute Gasteiger partial charge is 0.394 e. The van der Waals surface area contributed by atoms with Crippen LogP contribution in [0.5, 0.6) is 0 Å². The molecule has 0 radical (unpaired) electrons. The van der Waals surface area contributed by atoms with Gasteiger partial charge in [-0.1, -0.05) is 60.7 Å². The van der Waals surface area contributed by atoms with E-state index in [0.717, 1.165) is 17.7 Å². The monoisotopic (exact) mass is 559 g/mol. The highest BCUT2D eigenvalue weighted by Gasteiger charge is 2.74. The third kappa shape index (κ3) is 4.67. The first-order valence-electron chi connectivity index (χ1n) is 13.9. The molecule has 1 spiro atoms. The number of aliphatic hydroxyl groups excluding tert-OH is 1. The Labute approximate surface area is 240 Å². The molecule has 1 N–H and O–H groups in total. The number of nitrogens with zero attached hydrogens (tertiary/aromatic N) is 3. The summed E-state index contributed by atoms with van der Waals surface area (Å²) < 4.78 is -0.727. The van der Waals surface area contributed by atoms with Crippen LogP contribution in [0.25, 0.3) is 0 Å². The second-order valence-corrected chi connectivity index (χ2v) is 12.5. The van der Waals surface area contributed by atoms with Gasteiger partial charge in [0, 0.05) is 30.6 Å². The second kappa shape index (κ2) is 11.6. The Morgan fingerprint density at radius 2 is 1.73 bits per heavy atom. The standard InChI is InChI=1S/C32H37N3O4S/c1-4-18-33(20-23-12-8-6-9-13-23)31(39)28-32-17-16-25(40-32)26(27(32)30(38)35(28)22(3)21-36)29(37)34(19-5-2)24-14-10-7-11-15-24/h4-15,22,25-28,36H,1-2,16-21H2,3H3/t22-,25+,26-,27+,28?,32?/m1/s1. The van der Waals surface area contributed by atoms with Crippen molar-refractivity contribution in [1.29, 1.82) is 0 Å². The van der Waals surface area contributed by atoms with Gasteiger partial charge in [0.25, 0.3) is 0 Å². The first-order chi connectivity index (χ1) is 19.4. The summed E-state index contributed by atoms with van der Waals surface area (Å²) in [6, 6.07) is 17.9. The van der Waals surface area contributed by atoms with Crippen molar-refractivity contribution < 1.29 is 19.5 Å². The minimum Gasteiger partial charge on any atom is -0.394 e. The number of fused-ring (bicyclic) bond motifs is 1. The molecule has 0 aromatic heterocycles. The van der Waals surface area contributed by atoms with E-state index in [0.29, 0.717) is 26.1 Å². The van der Waals surface area contributed by atoms with Gasteiger partial charge < -0.3 is 19.8 Å². The van der Waals surface area contributed by atoms with Crippen molar-refractivity contribution in [1.82, 2.24) is 9.80 Å². The Bertz CT molecular complexity index is 1270. The average molecular weight is 560 g/mol. The number of para-hydroxylation sites is 1. The summed E-state index contributed by atoms with van der Waals surface area (Å²) >= 11 is 1.64. The smallest absolute Gasteiger partial charge is 0.247 e. The lowest BCUT2D eigenvalue weighted by Gasteiger charge is -2.39. The molecule has 0 saturated carbocycles. The van der Waals surface area contributed by atoms with Gasteiger partial charge in [-0.2, -0.15) is 0 Å². The van der Waals surface area contributed by atoms with Crippen molar-refractivity contribution >= 4 is 35.2 Å². The van der Waals surface area contributed by atoms with Gasteiger partial charge in [-0.05, 0) is 37.5 Å². The highest BCUT2D eigenvalue weighted by molar-refractivity contribution is 8.02. The predicted octanol–water partition coefficient (Wildman–Crippen LogP) is 3.89. The molecule has 210 valence electrons. The molecule has 2 aromatic rings. The summed E-state index contributed by atoms with van der Waals surface area (Å²) in [6.07, 6.45) is 4.83. The van der Waals surface area contributed by atoms with Crippen LogP contribution in [0.15, 0.2) is 86.0 Å². The van der Waals surface area contributed by atoms with E-state index in [4.69, 9.17) is 0 Å². The van der Waals surface area contributed by atoms with Crippen LogP contribution in [-0.2, 0) is 20.9 Å². The van der Waals surface area contributed by atoms with Crippen LogP contribution in [0, 0.1) is 11.8 Å². The molecular weight excluding hydrogens is 522 g/mol. The molecule has 2 bridgehead atoms. The Hall–Kier alpha value is -3.36. The number of carbonyl (C=O) groups is 3. The molecule has 3 amide bonds. The van der Waals surface area contributed by atoms with Crippen LogP contribution < -0.4 is 4.90 Å². The average Bonchev–Trinajstić information content (AvgIpc) is 3.63. The van der Waals surface area contributed by atoms with Gasteiger partial charge in [0.05, 0.1) is 29.2 Å². The highest BCUT2D eigenvalue weighted by atomic mass is 32.2. The molecular formula is C32H37N3O4S. The molecule has 40 heavy (non-hydrogen) atoms. The molecule has 3 aliphatic rings. The lowest BCUT2D eigenvalue weighted by molar-refractivity contribution is -0.145. The molecule has 0 aliphatic carbocycles. The molecule has 3 heterocycles. The predicted molar refractivity (Wildman–Crippen MR) is 159 cm³/mol. The zero-order valence-corrected chi connectivity index (χ0v) is 23.7. The van der Waals surface area contributed by atoms with Crippen LogP contribution in [0.3, 0.4) is 0 Å². The number of rotatable bonds is 11. The Morgan fingerprint density at radius 1 is 1.07 bits per heavy atom. The van der Waals surface area contributed by atoms with Gasteiger partial charge in [0.15, 0.2) is 0 Å². The number of amides is 3. The summed E-state index contributed by atoms with van der Waals surface area (Å²) in [6.45, 7) is 10.3. The fraction of sp³-hybridized carbons (Fsp3) is 0.406. The van der Waals surface area contributed by atoms with Gasteiger partial charge >= 0.3 is 0 Å². The molecule has 6 atom stereocenters. The SMILES string of the molecule is C=CCN(Cc1ccccc1)C(=O)C1N([C@H](C)CO)C(=O)[C@@H]2[C@H](C(=O)N(CC=C)c3ccccc3)[C@@H]3CCC12S3. The second-order valence-electron chi connectivity index (χ2n) is 10.9. The molecule has 2 aromatic carbocycles. The minimum absolute atomic E-state index is 0.0543. The van der Waals surface area contributed by atoms with E-state index in [1.165, 1.54) is 0 Å². The van der Waals surface area contributed by atoms with Crippen molar-refractivity contribution in [2.24, 2.45) is 11.8 Å². The number of aliphatic hydroxyl groups is 1. The molecule has 3 saturated heterocycles. The molecule has 8 heteroatoms. The topological polar surface area (TPSA) is 81.2 Å². The summed E-state index contributed by atoms with van der Waals surface area (Å²) in [4.78, 5) is 48.0. The summed E-state index contributed by atoms with van der Waals surface area (Å²) in [5.74, 6) is -1.67. The maximum atomic E-state index is 14.5. The van der Waals surface area contributed by atoms with E-state index in [2.05, 4.69) is 13.2 Å². The first kappa shape index (κ1) is 28.2. The normalized spacial score (nSPS) is 27.2. The number of thioether (sulfide) groups is 1. The van der Waals surface area contributed by atoms with E-state index in [-0.39, 0.29) is 29.6 Å². The van der Waals surface area contributed by atoms with Crippen molar-refractivity contribution in [3.05, 3.63) is 91.5 Å². The Balaban J connectivity index is 1.53. The number of hydrogen-bond donors (Lipinski definition) is 1. The van der Waals surface area contributed by atoms with Crippen LogP contribution in [-0.4, -0.2) is 74.4 Å². The lowest BCUT2D eigenvalue weighted by atomic mass is 9.70. The molecule has 5 rings (SSSR count). The van der Waals surface area contributed by atoms with Gasteiger partial charge in [0.2, 0.25) is 17.7 Å². The fourth-order valence-corrected chi connectivity index (χ4v) is 9.01. The quantitative estimate of drug-likeness (QED) is 0.423. The Morgan fingerprint density at radius 3 is 2.35 bits per heavy atom. The zero-order chi connectivity index (χ0) is 28.4. The first-order valence-corrected chi connectivity index (χ1v) is 14.8. The van der Waals surface area contributed by atoms with Crippen LogP contribution in [0.1, 0.15) is 25.3 Å².